The average molecular weight is 349 g/mol. The van der Waals surface area contributed by atoms with Gasteiger partial charge < -0.3 is 4.52 Å². The number of nitriles is 1. The zero-order valence-corrected chi connectivity index (χ0v) is 13.2. The molecular weight excluding hydrogens is 339 g/mol. The molecule has 1 aromatic carbocycles. The van der Waals surface area contributed by atoms with Gasteiger partial charge in [0, 0.05) is 22.0 Å². The number of nitrogens with zero attached hydrogens (tertiary/aromatic N) is 3. The van der Waals surface area contributed by atoms with Crippen LogP contribution >= 0.6 is 23.2 Å². The molecule has 23 heavy (non-hydrogen) atoms. The second-order valence-electron chi connectivity index (χ2n) is 5.06. The molecule has 1 aromatic heterocycles. The number of nitrogens with one attached hydrogen (secondary N) is 1. The summed E-state index contributed by atoms with van der Waals surface area (Å²) in [5.74, 6) is 0.391. The van der Waals surface area contributed by atoms with Crippen LogP contribution in [0.3, 0.4) is 0 Å². The molecule has 1 aliphatic carbocycles. The van der Waals surface area contributed by atoms with Crippen molar-refractivity contribution >= 4 is 40.4 Å². The van der Waals surface area contributed by atoms with Gasteiger partial charge in [0.05, 0.1) is 5.69 Å². The van der Waals surface area contributed by atoms with Gasteiger partial charge in [-0.25, -0.2) is 0 Å². The van der Waals surface area contributed by atoms with Crippen LogP contribution in [0.1, 0.15) is 35.0 Å². The van der Waals surface area contributed by atoms with Crippen molar-refractivity contribution in [3.63, 3.8) is 0 Å². The van der Waals surface area contributed by atoms with Crippen LogP contribution in [-0.2, 0) is 0 Å². The van der Waals surface area contributed by atoms with Crippen LogP contribution in [0.2, 0.25) is 10.0 Å². The summed E-state index contributed by atoms with van der Waals surface area (Å²) in [6, 6.07) is 8.00. The maximum atomic E-state index is 12.2. The van der Waals surface area contributed by atoms with Gasteiger partial charge in [0.2, 0.25) is 11.5 Å². The van der Waals surface area contributed by atoms with Gasteiger partial charge in [0.25, 0.3) is 0 Å². The van der Waals surface area contributed by atoms with Crippen molar-refractivity contribution < 1.29 is 9.32 Å². The van der Waals surface area contributed by atoms with Crippen molar-refractivity contribution in [2.45, 2.75) is 18.8 Å². The molecule has 0 amide bonds. The Bertz CT molecular complexity index is 814. The lowest BCUT2D eigenvalue weighted by molar-refractivity contribution is 0.105. The van der Waals surface area contributed by atoms with Gasteiger partial charge in [0.1, 0.15) is 11.8 Å². The number of Topliss-reactive ketones (excluding diaryl/α,β-unsaturated/α-hetero) is 1. The number of halogens is 2. The van der Waals surface area contributed by atoms with Gasteiger partial charge in [-0.1, -0.05) is 28.4 Å². The normalized spacial score (nSPS) is 14.4. The Labute approximate surface area is 141 Å². The van der Waals surface area contributed by atoms with Crippen LogP contribution in [0.4, 0.5) is 5.69 Å². The number of benzene rings is 1. The minimum absolute atomic E-state index is 0.0677. The summed E-state index contributed by atoms with van der Waals surface area (Å²) in [5, 5.41) is 17.4. The highest BCUT2D eigenvalue weighted by atomic mass is 35.5. The Hall–Kier alpha value is -2.36. The van der Waals surface area contributed by atoms with E-state index in [9.17, 15) is 4.79 Å². The smallest absolute Gasteiger partial charge is 0.245 e. The Kier molecular flexibility index (Phi) is 4.33. The Morgan fingerprint density at radius 1 is 1.30 bits per heavy atom. The summed E-state index contributed by atoms with van der Waals surface area (Å²) in [6.45, 7) is 0. The molecule has 8 heteroatoms. The van der Waals surface area contributed by atoms with E-state index in [4.69, 9.17) is 33.0 Å². The van der Waals surface area contributed by atoms with E-state index in [1.165, 1.54) is 0 Å². The molecule has 0 spiro atoms. The highest BCUT2D eigenvalue weighted by Gasteiger charge is 2.29. The van der Waals surface area contributed by atoms with E-state index in [0.29, 0.717) is 27.4 Å². The molecule has 1 N–H and O–H groups in total. The predicted molar refractivity (Wildman–Crippen MR) is 85.9 cm³/mol. The third-order valence-corrected chi connectivity index (χ3v) is 3.66. The Morgan fingerprint density at radius 2 is 2.00 bits per heavy atom. The number of anilines is 1. The van der Waals surface area contributed by atoms with Crippen molar-refractivity contribution in [1.29, 1.82) is 5.26 Å². The molecular formula is C15H10Cl2N4O2. The zero-order chi connectivity index (χ0) is 16.4. The summed E-state index contributed by atoms with van der Waals surface area (Å²) in [5.41, 5.74) is 2.78. The molecule has 0 radical (unpaired) electrons. The summed E-state index contributed by atoms with van der Waals surface area (Å²) in [6.07, 6.45) is 2.05. The molecule has 116 valence electrons. The van der Waals surface area contributed by atoms with Crippen LogP contribution in [-0.4, -0.2) is 16.7 Å². The van der Waals surface area contributed by atoms with E-state index >= 15 is 0 Å². The molecule has 6 nitrogen and oxygen atoms in total. The van der Waals surface area contributed by atoms with E-state index in [-0.39, 0.29) is 11.4 Å². The van der Waals surface area contributed by atoms with E-state index in [1.54, 1.807) is 30.3 Å². The van der Waals surface area contributed by atoms with Crippen molar-refractivity contribution in [2.75, 3.05) is 5.43 Å². The second-order valence-corrected chi connectivity index (χ2v) is 5.93. The predicted octanol–water partition coefficient (Wildman–Crippen LogP) is 4.03. The molecule has 0 aliphatic heterocycles. The first-order valence-electron chi connectivity index (χ1n) is 6.78. The molecule has 0 saturated heterocycles. The van der Waals surface area contributed by atoms with Crippen LogP contribution < -0.4 is 5.43 Å². The van der Waals surface area contributed by atoms with Gasteiger partial charge in [0.15, 0.2) is 5.69 Å². The van der Waals surface area contributed by atoms with Crippen LogP contribution in [0.15, 0.2) is 33.9 Å². The van der Waals surface area contributed by atoms with Gasteiger partial charge in [-0.2, -0.15) is 10.4 Å². The fraction of sp³-hybridized carbons (Fsp3) is 0.200. The Morgan fingerprint density at radius 3 is 2.61 bits per heavy atom. The number of carbonyl (C=O) groups is 1. The van der Waals surface area contributed by atoms with Crippen molar-refractivity contribution in [2.24, 2.45) is 5.10 Å². The molecule has 0 unspecified atom stereocenters. The molecule has 2 aromatic rings. The number of hydrogen-bond donors (Lipinski definition) is 1. The molecule has 0 bridgehead atoms. The quantitative estimate of drug-likeness (QED) is 0.500. The minimum atomic E-state index is -0.608. The molecule has 1 aliphatic rings. The molecule has 1 saturated carbocycles. The minimum Gasteiger partial charge on any atom is -0.360 e. The first-order valence-corrected chi connectivity index (χ1v) is 7.53. The number of ketones is 1. The number of rotatable bonds is 5. The van der Waals surface area contributed by atoms with Crippen molar-refractivity contribution in [1.82, 2.24) is 5.16 Å². The van der Waals surface area contributed by atoms with Crippen LogP contribution in [0, 0.1) is 11.3 Å². The second kappa shape index (κ2) is 6.41. The number of hydrazone groups is 1. The van der Waals surface area contributed by atoms with Crippen LogP contribution in [0.5, 0.6) is 0 Å². The molecule has 1 heterocycles. The molecule has 3 rings (SSSR count). The highest BCUT2D eigenvalue weighted by Crippen LogP contribution is 2.40. The number of carbonyl (C=O) groups excluding carboxylic acids is 1. The monoisotopic (exact) mass is 348 g/mol. The third kappa shape index (κ3) is 3.70. The standard InChI is InChI=1S/C15H10Cl2N4O2/c16-9-3-10(17)5-11(4-9)19-20-13(7-18)15(22)12-6-14(23-21-12)8-1-2-8/h3-6,8,19H,1-2H2/b20-13+. The topological polar surface area (TPSA) is 91.3 Å². The summed E-state index contributed by atoms with van der Waals surface area (Å²) < 4.78 is 5.11. The van der Waals surface area contributed by atoms with E-state index in [0.717, 1.165) is 12.8 Å². The SMILES string of the molecule is N#C/C(=N\Nc1cc(Cl)cc(Cl)c1)C(=O)c1cc(C2CC2)on1. The first kappa shape index (κ1) is 15.5. The average Bonchev–Trinajstić information content (AvgIpc) is 3.24. The third-order valence-electron chi connectivity index (χ3n) is 3.22. The van der Waals surface area contributed by atoms with E-state index < -0.39 is 5.78 Å². The largest absolute Gasteiger partial charge is 0.360 e. The molecule has 1 fully saturated rings. The van der Waals surface area contributed by atoms with Gasteiger partial charge in [-0.15, -0.1) is 0 Å². The zero-order valence-electron chi connectivity index (χ0n) is 11.7. The fourth-order valence-corrected chi connectivity index (χ4v) is 2.47. The van der Waals surface area contributed by atoms with Gasteiger partial charge in [-0.3, -0.25) is 10.2 Å². The number of aromatic nitrogens is 1. The summed E-state index contributed by atoms with van der Waals surface area (Å²) in [4.78, 5) is 12.2. The summed E-state index contributed by atoms with van der Waals surface area (Å²) >= 11 is 11.7. The summed E-state index contributed by atoms with van der Waals surface area (Å²) in [7, 11) is 0. The molecule has 0 atom stereocenters. The maximum absolute atomic E-state index is 12.2. The van der Waals surface area contributed by atoms with Gasteiger partial charge >= 0.3 is 0 Å². The number of hydrogen-bond acceptors (Lipinski definition) is 6. The lowest BCUT2D eigenvalue weighted by Crippen LogP contribution is -2.14. The van der Waals surface area contributed by atoms with Crippen molar-refractivity contribution in [3.8, 4) is 6.07 Å². The van der Waals surface area contributed by atoms with Gasteiger partial charge in [-0.05, 0) is 31.0 Å². The fourth-order valence-electron chi connectivity index (χ4n) is 1.94. The lowest BCUT2D eigenvalue weighted by atomic mass is 10.2. The first-order chi connectivity index (χ1) is 11.1. The highest BCUT2D eigenvalue weighted by molar-refractivity contribution is 6.51. The Balaban J connectivity index is 1.77. The van der Waals surface area contributed by atoms with E-state index in [2.05, 4.69) is 15.7 Å². The maximum Gasteiger partial charge on any atom is 0.245 e. The van der Waals surface area contributed by atoms with Crippen LogP contribution in [0.25, 0.3) is 0 Å². The van der Waals surface area contributed by atoms with Crippen molar-refractivity contribution in [3.05, 3.63) is 45.8 Å². The lowest BCUT2D eigenvalue weighted by Gasteiger charge is -2.02. The van der Waals surface area contributed by atoms with E-state index in [1.807, 2.05) is 0 Å².